The van der Waals surface area contributed by atoms with Gasteiger partial charge in [0.1, 0.15) is 12.4 Å². The van der Waals surface area contributed by atoms with Crippen molar-refractivity contribution in [2.75, 3.05) is 6.61 Å². The summed E-state index contributed by atoms with van der Waals surface area (Å²) in [4.78, 5) is 0. The Morgan fingerprint density at radius 1 is 1.20 bits per heavy atom. The third kappa shape index (κ3) is 3.11. The Balaban J connectivity index is 2.44. The number of aliphatic hydroxyl groups is 2. The molecule has 3 nitrogen and oxygen atoms in total. The van der Waals surface area contributed by atoms with Crippen molar-refractivity contribution < 1.29 is 14.9 Å². The second-order valence-electron chi connectivity index (χ2n) is 5.52. The van der Waals surface area contributed by atoms with E-state index in [1.807, 2.05) is 43.3 Å². The maximum Gasteiger partial charge on any atom is 0.133 e. The van der Waals surface area contributed by atoms with Crippen LogP contribution in [0.5, 0.6) is 5.75 Å². The molecule has 0 aliphatic carbocycles. The van der Waals surface area contributed by atoms with Gasteiger partial charge < -0.3 is 14.9 Å². The number of fused-ring (bicyclic) bond motifs is 1. The van der Waals surface area contributed by atoms with Crippen LogP contribution < -0.4 is 4.74 Å². The van der Waals surface area contributed by atoms with E-state index in [-0.39, 0.29) is 6.61 Å². The molecular weight excluding hydrogens is 252 g/mol. The molecule has 2 aromatic rings. The summed E-state index contributed by atoms with van der Waals surface area (Å²) in [5.74, 6) is 0.659. The minimum absolute atomic E-state index is 0.206. The second-order valence-corrected chi connectivity index (χ2v) is 5.52. The zero-order chi connectivity index (χ0) is 14.8. The lowest BCUT2D eigenvalue weighted by Crippen LogP contribution is -2.31. The lowest BCUT2D eigenvalue weighted by atomic mass is 10.0. The van der Waals surface area contributed by atoms with Crippen LogP contribution in [-0.2, 0) is 0 Å². The number of hydrogen-bond acceptors (Lipinski definition) is 3. The highest BCUT2D eigenvalue weighted by Gasteiger charge is 2.21. The Morgan fingerprint density at radius 3 is 2.55 bits per heavy atom. The van der Waals surface area contributed by atoms with Crippen molar-refractivity contribution in [3.63, 3.8) is 0 Å². The molecule has 0 aliphatic heterocycles. The Bertz CT molecular complexity index is 588. The highest BCUT2D eigenvalue weighted by Crippen LogP contribution is 2.34. The average molecular weight is 274 g/mol. The van der Waals surface area contributed by atoms with E-state index in [1.165, 1.54) is 0 Å². The van der Waals surface area contributed by atoms with Crippen LogP contribution in [-0.4, -0.2) is 22.4 Å². The predicted octanol–water partition coefficient (Wildman–Crippen LogP) is 3.43. The quantitative estimate of drug-likeness (QED) is 0.878. The van der Waals surface area contributed by atoms with Crippen LogP contribution >= 0.6 is 0 Å². The SMILES string of the molecule is CCC(C)(O)COc1c(C(C)O)ccc2ccccc12. The number of benzene rings is 2. The monoisotopic (exact) mass is 274 g/mol. The predicted molar refractivity (Wildman–Crippen MR) is 81.0 cm³/mol. The van der Waals surface area contributed by atoms with Crippen molar-refractivity contribution in [1.29, 1.82) is 0 Å². The molecule has 0 aromatic heterocycles. The summed E-state index contributed by atoms with van der Waals surface area (Å²) in [6.45, 7) is 5.59. The van der Waals surface area contributed by atoms with Gasteiger partial charge in [0, 0.05) is 10.9 Å². The Morgan fingerprint density at radius 2 is 1.90 bits per heavy atom. The van der Waals surface area contributed by atoms with Crippen molar-refractivity contribution in [3.8, 4) is 5.75 Å². The molecule has 0 heterocycles. The van der Waals surface area contributed by atoms with Gasteiger partial charge in [-0.15, -0.1) is 0 Å². The molecule has 0 spiro atoms. The van der Waals surface area contributed by atoms with Crippen LogP contribution in [0.25, 0.3) is 10.8 Å². The van der Waals surface area contributed by atoms with Crippen molar-refractivity contribution in [2.45, 2.75) is 38.9 Å². The second kappa shape index (κ2) is 5.81. The molecule has 2 aromatic carbocycles. The smallest absolute Gasteiger partial charge is 0.133 e. The Hall–Kier alpha value is -1.58. The number of ether oxygens (including phenoxy) is 1. The summed E-state index contributed by atoms with van der Waals surface area (Å²) in [5.41, 5.74) is -0.122. The van der Waals surface area contributed by atoms with Gasteiger partial charge in [0.15, 0.2) is 0 Å². The summed E-state index contributed by atoms with van der Waals surface area (Å²) in [5, 5.41) is 22.0. The summed E-state index contributed by atoms with van der Waals surface area (Å²) in [6, 6.07) is 11.7. The molecule has 3 heteroatoms. The highest BCUT2D eigenvalue weighted by molar-refractivity contribution is 5.89. The number of hydrogen-bond donors (Lipinski definition) is 2. The van der Waals surface area contributed by atoms with E-state index in [0.29, 0.717) is 12.2 Å². The highest BCUT2D eigenvalue weighted by atomic mass is 16.5. The van der Waals surface area contributed by atoms with Crippen molar-refractivity contribution in [2.24, 2.45) is 0 Å². The van der Waals surface area contributed by atoms with Crippen LogP contribution in [0.4, 0.5) is 0 Å². The normalized spacial score (nSPS) is 15.8. The summed E-state index contributed by atoms with van der Waals surface area (Å²) >= 11 is 0. The molecular formula is C17H22O3. The molecule has 2 rings (SSSR count). The van der Waals surface area contributed by atoms with Gasteiger partial charge in [-0.2, -0.15) is 0 Å². The summed E-state index contributed by atoms with van der Waals surface area (Å²) in [7, 11) is 0. The van der Waals surface area contributed by atoms with Gasteiger partial charge >= 0.3 is 0 Å². The van der Waals surface area contributed by atoms with Gasteiger partial charge in [-0.05, 0) is 25.7 Å². The molecule has 0 saturated carbocycles. The lowest BCUT2D eigenvalue weighted by Gasteiger charge is -2.24. The van der Waals surface area contributed by atoms with Crippen molar-refractivity contribution in [1.82, 2.24) is 0 Å². The first kappa shape index (κ1) is 14.8. The number of rotatable bonds is 5. The molecule has 108 valence electrons. The van der Waals surface area contributed by atoms with Gasteiger partial charge in [0.05, 0.1) is 11.7 Å². The summed E-state index contributed by atoms with van der Waals surface area (Å²) < 4.78 is 5.86. The molecule has 2 unspecified atom stereocenters. The van der Waals surface area contributed by atoms with Gasteiger partial charge in [0.25, 0.3) is 0 Å². The van der Waals surface area contributed by atoms with E-state index in [2.05, 4.69) is 0 Å². The van der Waals surface area contributed by atoms with E-state index < -0.39 is 11.7 Å². The third-order valence-corrected chi connectivity index (χ3v) is 3.65. The first-order valence-corrected chi connectivity index (χ1v) is 6.99. The molecule has 2 N–H and O–H groups in total. The largest absolute Gasteiger partial charge is 0.490 e. The average Bonchev–Trinajstić information content (AvgIpc) is 2.44. The fourth-order valence-corrected chi connectivity index (χ4v) is 2.08. The van der Waals surface area contributed by atoms with E-state index in [4.69, 9.17) is 4.74 Å². The first-order valence-electron chi connectivity index (χ1n) is 6.99. The fourth-order valence-electron chi connectivity index (χ4n) is 2.08. The van der Waals surface area contributed by atoms with Crippen LogP contribution in [0.2, 0.25) is 0 Å². The first-order chi connectivity index (χ1) is 9.44. The molecule has 2 atom stereocenters. The zero-order valence-electron chi connectivity index (χ0n) is 12.3. The van der Waals surface area contributed by atoms with E-state index in [0.717, 1.165) is 16.3 Å². The maximum absolute atomic E-state index is 10.1. The third-order valence-electron chi connectivity index (χ3n) is 3.65. The molecule has 0 fully saturated rings. The van der Waals surface area contributed by atoms with Crippen LogP contribution in [0.1, 0.15) is 38.9 Å². The van der Waals surface area contributed by atoms with Gasteiger partial charge in [0.2, 0.25) is 0 Å². The maximum atomic E-state index is 10.1. The Labute approximate surface area is 119 Å². The minimum Gasteiger partial charge on any atom is -0.490 e. The molecule has 20 heavy (non-hydrogen) atoms. The standard InChI is InChI=1S/C17H22O3/c1-4-17(3,19)11-20-16-14(12(2)18)10-9-13-7-5-6-8-15(13)16/h5-10,12,18-19H,4,11H2,1-3H3. The van der Waals surface area contributed by atoms with Crippen LogP contribution in [0.15, 0.2) is 36.4 Å². The van der Waals surface area contributed by atoms with Gasteiger partial charge in [-0.25, -0.2) is 0 Å². The fraction of sp³-hybridized carbons (Fsp3) is 0.412. The van der Waals surface area contributed by atoms with Gasteiger partial charge in [-0.1, -0.05) is 43.3 Å². The minimum atomic E-state index is -0.868. The molecule has 0 saturated heterocycles. The van der Waals surface area contributed by atoms with Crippen LogP contribution in [0, 0.1) is 0 Å². The van der Waals surface area contributed by atoms with E-state index in [9.17, 15) is 10.2 Å². The van der Waals surface area contributed by atoms with Crippen LogP contribution in [0.3, 0.4) is 0 Å². The molecule has 0 radical (unpaired) electrons. The Kier molecular flexibility index (Phi) is 4.31. The molecule has 0 amide bonds. The molecule has 0 bridgehead atoms. The van der Waals surface area contributed by atoms with E-state index >= 15 is 0 Å². The summed E-state index contributed by atoms with van der Waals surface area (Å²) in [6.07, 6.45) is 0.00286. The number of aliphatic hydroxyl groups excluding tert-OH is 1. The van der Waals surface area contributed by atoms with E-state index in [1.54, 1.807) is 13.8 Å². The van der Waals surface area contributed by atoms with Crippen molar-refractivity contribution in [3.05, 3.63) is 42.0 Å². The van der Waals surface area contributed by atoms with Gasteiger partial charge in [-0.3, -0.25) is 0 Å². The lowest BCUT2D eigenvalue weighted by molar-refractivity contribution is 0.00799. The van der Waals surface area contributed by atoms with Crippen molar-refractivity contribution >= 4 is 10.8 Å². The zero-order valence-corrected chi connectivity index (χ0v) is 12.3. The molecule has 0 aliphatic rings. The topological polar surface area (TPSA) is 49.7 Å².